The highest BCUT2D eigenvalue weighted by Crippen LogP contribution is 2.35. The van der Waals surface area contributed by atoms with Crippen LogP contribution in [0.5, 0.6) is 5.75 Å². The van der Waals surface area contributed by atoms with E-state index >= 15 is 0 Å². The SMILES string of the molecule is CCOC(=O)/C(Cl)=N/Nc1ccc2c(c1)C(C)CO2. The van der Waals surface area contributed by atoms with Gasteiger partial charge in [0.1, 0.15) is 5.75 Å². The molecule has 0 fully saturated rings. The highest BCUT2D eigenvalue weighted by molar-refractivity contribution is 6.82. The summed E-state index contributed by atoms with van der Waals surface area (Å²) in [7, 11) is 0. The van der Waals surface area contributed by atoms with Gasteiger partial charge < -0.3 is 9.47 Å². The first-order valence-electron chi connectivity index (χ1n) is 6.05. The van der Waals surface area contributed by atoms with Crippen LogP contribution in [0.3, 0.4) is 0 Å². The molecule has 1 aromatic rings. The quantitative estimate of drug-likeness (QED) is 0.524. The van der Waals surface area contributed by atoms with Crippen molar-refractivity contribution in [1.82, 2.24) is 0 Å². The van der Waals surface area contributed by atoms with E-state index in [4.69, 9.17) is 21.1 Å². The molecule has 1 heterocycles. The monoisotopic (exact) mass is 282 g/mol. The molecule has 1 atom stereocenters. The van der Waals surface area contributed by atoms with Gasteiger partial charge in [0.05, 0.1) is 18.9 Å². The zero-order valence-corrected chi connectivity index (χ0v) is 11.5. The molecule has 1 aliphatic rings. The highest BCUT2D eigenvalue weighted by Gasteiger charge is 2.20. The van der Waals surface area contributed by atoms with Crippen molar-refractivity contribution in [2.75, 3.05) is 18.6 Å². The lowest BCUT2D eigenvalue weighted by Gasteiger charge is -2.05. The number of halogens is 1. The van der Waals surface area contributed by atoms with E-state index < -0.39 is 5.97 Å². The van der Waals surface area contributed by atoms with Gasteiger partial charge in [0.15, 0.2) is 0 Å². The molecule has 1 N–H and O–H groups in total. The van der Waals surface area contributed by atoms with Gasteiger partial charge in [0.25, 0.3) is 0 Å². The fourth-order valence-corrected chi connectivity index (χ4v) is 1.89. The fraction of sp³-hybridized carbons (Fsp3) is 0.385. The number of fused-ring (bicyclic) bond motifs is 1. The largest absolute Gasteiger partial charge is 0.493 e. The lowest BCUT2D eigenvalue weighted by Crippen LogP contribution is -2.13. The lowest BCUT2D eigenvalue weighted by molar-refractivity contribution is -0.134. The van der Waals surface area contributed by atoms with Gasteiger partial charge in [0, 0.05) is 11.5 Å². The fourth-order valence-electron chi connectivity index (χ4n) is 1.79. The van der Waals surface area contributed by atoms with Gasteiger partial charge >= 0.3 is 5.97 Å². The Hall–Kier alpha value is -1.75. The number of nitrogens with zero attached hydrogens (tertiary/aromatic N) is 1. The zero-order valence-electron chi connectivity index (χ0n) is 10.8. The molecule has 1 unspecified atom stereocenters. The van der Waals surface area contributed by atoms with E-state index in [-0.39, 0.29) is 11.8 Å². The zero-order chi connectivity index (χ0) is 13.8. The molecule has 6 heteroatoms. The molecule has 0 amide bonds. The van der Waals surface area contributed by atoms with Crippen LogP contribution in [-0.4, -0.2) is 24.4 Å². The second-order valence-corrected chi connectivity index (χ2v) is 4.56. The van der Waals surface area contributed by atoms with E-state index in [0.29, 0.717) is 12.5 Å². The molecule has 1 aliphatic heterocycles. The summed E-state index contributed by atoms with van der Waals surface area (Å²) in [4.78, 5) is 11.3. The lowest BCUT2D eigenvalue weighted by atomic mass is 10.0. The Kier molecular flexibility index (Phi) is 4.27. The number of rotatable bonds is 4. The molecule has 1 aromatic carbocycles. The summed E-state index contributed by atoms with van der Waals surface area (Å²) in [5.41, 5.74) is 4.60. The molecule has 0 aromatic heterocycles. The van der Waals surface area contributed by atoms with Gasteiger partial charge in [-0.15, -0.1) is 0 Å². The Morgan fingerprint density at radius 3 is 3.16 bits per heavy atom. The summed E-state index contributed by atoms with van der Waals surface area (Å²) in [6, 6.07) is 5.62. The molecule has 0 aliphatic carbocycles. The number of esters is 1. The van der Waals surface area contributed by atoms with Crippen LogP contribution in [0.1, 0.15) is 25.3 Å². The first kappa shape index (κ1) is 13.7. The minimum absolute atomic E-state index is 0.230. The van der Waals surface area contributed by atoms with E-state index in [2.05, 4.69) is 17.5 Å². The maximum absolute atomic E-state index is 11.3. The second kappa shape index (κ2) is 5.93. The van der Waals surface area contributed by atoms with Crippen molar-refractivity contribution in [3.05, 3.63) is 23.8 Å². The average Bonchev–Trinajstić information content (AvgIpc) is 2.78. The molecular weight excluding hydrogens is 268 g/mol. The van der Waals surface area contributed by atoms with Crippen molar-refractivity contribution >= 4 is 28.4 Å². The van der Waals surface area contributed by atoms with Crippen LogP contribution in [0.2, 0.25) is 0 Å². The van der Waals surface area contributed by atoms with Gasteiger partial charge in [-0.1, -0.05) is 18.5 Å². The number of anilines is 1. The summed E-state index contributed by atoms with van der Waals surface area (Å²) in [5.74, 6) is 0.592. The average molecular weight is 283 g/mol. The van der Waals surface area contributed by atoms with E-state index in [0.717, 1.165) is 17.0 Å². The maximum Gasteiger partial charge on any atom is 0.370 e. The molecule has 0 saturated heterocycles. The number of ether oxygens (including phenoxy) is 2. The number of benzene rings is 1. The van der Waals surface area contributed by atoms with Gasteiger partial charge in [0.2, 0.25) is 5.17 Å². The van der Waals surface area contributed by atoms with Crippen molar-refractivity contribution in [3.63, 3.8) is 0 Å². The summed E-state index contributed by atoms with van der Waals surface area (Å²) in [6.07, 6.45) is 0. The molecular formula is C13H15ClN2O3. The molecule has 5 nitrogen and oxygen atoms in total. The van der Waals surface area contributed by atoms with E-state index in [1.807, 2.05) is 18.2 Å². The van der Waals surface area contributed by atoms with Crippen molar-refractivity contribution in [2.24, 2.45) is 5.10 Å². The Balaban J connectivity index is 2.06. The van der Waals surface area contributed by atoms with E-state index in [9.17, 15) is 4.79 Å². The number of hydrogen-bond donors (Lipinski definition) is 1. The summed E-state index contributed by atoms with van der Waals surface area (Å²) in [5, 5.41) is 3.55. The third kappa shape index (κ3) is 3.17. The number of nitrogens with one attached hydrogen (secondary N) is 1. The molecule has 0 spiro atoms. The molecule has 0 bridgehead atoms. The Labute approximate surface area is 116 Å². The second-order valence-electron chi connectivity index (χ2n) is 4.20. The standard InChI is InChI=1S/C13H15ClN2O3/c1-3-18-13(17)12(14)16-15-9-4-5-11-10(6-9)8(2)7-19-11/h4-6,8,15H,3,7H2,1-2H3/b16-12-. The van der Waals surface area contributed by atoms with E-state index in [1.54, 1.807) is 6.92 Å². The van der Waals surface area contributed by atoms with Crippen LogP contribution < -0.4 is 10.2 Å². The normalized spacial score (nSPS) is 17.6. The van der Waals surface area contributed by atoms with Crippen LogP contribution in [-0.2, 0) is 9.53 Å². The molecule has 0 radical (unpaired) electrons. The molecule has 102 valence electrons. The van der Waals surface area contributed by atoms with Crippen LogP contribution in [0.25, 0.3) is 0 Å². The first-order valence-corrected chi connectivity index (χ1v) is 6.42. The smallest absolute Gasteiger partial charge is 0.370 e. The predicted molar refractivity (Wildman–Crippen MR) is 73.9 cm³/mol. The topological polar surface area (TPSA) is 59.9 Å². The van der Waals surface area contributed by atoms with E-state index in [1.165, 1.54) is 0 Å². The van der Waals surface area contributed by atoms with Crippen LogP contribution in [0.4, 0.5) is 5.69 Å². The van der Waals surface area contributed by atoms with Gasteiger partial charge in [-0.3, -0.25) is 5.43 Å². The third-order valence-electron chi connectivity index (χ3n) is 2.76. The van der Waals surface area contributed by atoms with Crippen molar-refractivity contribution < 1.29 is 14.3 Å². The Morgan fingerprint density at radius 2 is 2.42 bits per heavy atom. The van der Waals surface area contributed by atoms with Crippen LogP contribution in [0.15, 0.2) is 23.3 Å². The van der Waals surface area contributed by atoms with Crippen molar-refractivity contribution in [3.8, 4) is 5.75 Å². The van der Waals surface area contributed by atoms with Gasteiger partial charge in [-0.25, -0.2) is 4.79 Å². The molecule has 2 rings (SSSR count). The van der Waals surface area contributed by atoms with Gasteiger partial charge in [-0.2, -0.15) is 5.10 Å². The van der Waals surface area contributed by atoms with Crippen molar-refractivity contribution in [1.29, 1.82) is 0 Å². The summed E-state index contributed by atoms with van der Waals surface area (Å²) >= 11 is 5.69. The number of hydrogen-bond acceptors (Lipinski definition) is 5. The minimum atomic E-state index is -0.644. The summed E-state index contributed by atoms with van der Waals surface area (Å²) < 4.78 is 10.2. The van der Waals surface area contributed by atoms with Crippen LogP contribution >= 0.6 is 11.6 Å². The number of carbonyl (C=O) groups excluding carboxylic acids is 1. The molecule has 19 heavy (non-hydrogen) atoms. The highest BCUT2D eigenvalue weighted by atomic mass is 35.5. The van der Waals surface area contributed by atoms with Crippen molar-refractivity contribution in [2.45, 2.75) is 19.8 Å². The molecule has 0 saturated carbocycles. The Morgan fingerprint density at radius 1 is 1.63 bits per heavy atom. The number of carbonyl (C=O) groups is 1. The van der Waals surface area contributed by atoms with Gasteiger partial charge in [-0.05, 0) is 25.1 Å². The number of hydrazone groups is 1. The first-order chi connectivity index (χ1) is 9.11. The third-order valence-corrected chi connectivity index (χ3v) is 3.00. The minimum Gasteiger partial charge on any atom is -0.493 e. The maximum atomic E-state index is 11.3. The summed E-state index contributed by atoms with van der Waals surface area (Å²) in [6.45, 7) is 4.74. The van der Waals surface area contributed by atoms with Crippen LogP contribution in [0, 0.1) is 0 Å². The predicted octanol–water partition coefficient (Wildman–Crippen LogP) is 2.71. The Bertz CT molecular complexity index is 517.